The SMILES string of the molecule is CC(C)n1c(CCNC(=O)[C@@]23CCCC[C@H]2CNC3)nc2ccccc21. The van der Waals surface area contributed by atoms with Crippen molar-refractivity contribution in [3.05, 3.63) is 30.1 Å². The predicted molar refractivity (Wildman–Crippen MR) is 104 cm³/mol. The summed E-state index contributed by atoms with van der Waals surface area (Å²) in [6.07, 6.45) is 5.42. The van der Waals surface area contributed by atoms with Crippen molar-refractivity contribution in [3.63, 3.8) is 0 Å². The van der Waals surface area contributed by atoms with E-state index in [4.69, 9.17) is 4.98 Å². The van der Waals surface area contributed by atoms with Crippen molar-refractivity contribution in [1.29, 1.82) is 0 Å². The molecule has 2 atom stereocenters. The molecular formula is C21H30N4O. The molecule has 140 valence electrons. The van der Waals surface area contributed by atoms with Crippen LogP contribution in [0.25, 0.3) is 11.0 Å². The van der Waals surface area contributed by atoms with Crippen LogP contribution in [-0.4, -0.2) is 35.1 Å². The van der Waals surface area contributed by atoms with Crippen LogP contribution in [0.15, 0.2) is 24.3 Å². The molecule has 2 heterocycles. The number of carbonyl (C=O) groups excluding carboxylic acids is 1. The summed E-state index contributed by atoms with van der Waals surface area (Å²) >= 11 is 0. The van der Waals surface area contributed by atoms with Crippen LogP contribution >= 0.6 is 0 Å². The second kappa shape index (κ2) is 7.03. The summed E-state index contributed by atoms with van der Waals surface area (Å²) in [5.41, 5.74) is 2.04. The molecule has 2 fully saturated rings. The lowest BCUT2D eigenvalue weighted by Gasteiger charge is -2.37. The van der Waals surface area contributed by atoms with Crippen molar-refractivity contribution in [1.82, 2.24) is 20.2 Å². The summed E-state index contributed by atoms with van der Waals surface area (Å²) in [6.45, 7) is 6.87. The molecule has 2 N–H and O–H groups in total. The minimum atomic E-state index is -0.170. The minimum Gasteiger partial charge on any atom is -0.355 e. The molecule has 0 bridgehead atoms. The maximum absolute atomic E-state index is 13.0. The van der Waals surface area contributed by atoms with Crippen LogP contribution in [0.3, 0.4) is 0 Å². The fourth-order valence-corrected chi connectivity index (χ4v) is 5.00. The lowest BCUT2D eigenvalue weighted by Crippen LogP contribution is -2.48. The van der Waals surface area contributed by atoms with Crippen LogP contribution in [0.2, 0.25) is 0 Å². The number of nitrogens with one attached hydrogen (secondary N) is 2. The summed E-state index contributed by atoms with van der Waals surface area (Å²) in [7, 11) is 0. The van der Waals surface area contributed by atoms with Crippen molar-refractivity contribution in [2.24, 2.45) is 11.3 Å². The van der Waals surface area contributed by atoms with Gasteiger partial charge in [0, 0.05) is 25.6 Å². The van der Waals surface area contributed by atoms with Crippen LogP contribution in [-0.2, 0) is 11.2 Å². The van der Waals surface area contributed by atoms with E-state index in [0.29, 0.717) is 18.5 Å². The number of hydrogen-bond donors (Lipinski definition) is 2. The molecule has 0 radical (unpaired) electrons. The number of carbonyl (C=O) groups is 1. The Morgan fingerprint density at radius 3 is 3.08 bits per heavy atom. The first-order valence-corrected chi connectivity index (χ1v) is 10.1. The molecular weight excluding hydrogens is 324 g/mol. The first-order chi connectivity index (χ1) is 12.6. The highest BCUT2D eigenvalue weighted by Crippen LogP contribution is 2.43. The van der Waals surface area contributed by atoms with Gasteiger partial charge in [0.25, 0.3) is 0 Å². The third-order valence-electron chi connectivity index (χ3n) is 6.31. The lowest BCUT2D eigenvalue weighted by atomic mass is 9.67. The Bertz CT molecular complexity index is 796. The Kier molecular flexibility index (Phi) is 4.74. The highest BCUT2D eigenvalue weighted by Gasteiger charge is 2.49. The topological polar surface area (TPSA) is 59.0 Å². The van der Waals surface area contributed by atoms with Gasteiger partial charge in [0.1, 0.15) is 5.82 Å². The molecule has 1 aromatic heterocycles. The summed E-state index contributed by atoms with van der Waals surface area (Å²) < 4.78 is 2.29. The minimum absolute atomic E-state index is 0.170. The second-order valence-electron chi connectivity index (χ2n) is 8.22. The number of fused-ring (bicyclic) bond motifs is 2. The molecule has 5 heteroatoms. The molecule has 4 rings (SSSR count). The van der Waals surface area contributed by atoms with Crippen molar-refractivity contribution in [3.8, 4) is 0 Å². The number of aromatic nitrogens is 2. The zero-order valence-corrected chi connectivity index (χ0v) is 15.9. The predicted octanol–water partition coefficient (Wildman–Crippen LogP) is 3.06. The largest absolute Gasteiger partial charge is 0.355 e. The second-order valence-corrected chi connectivity index (χ2v) is 8.22. The smallest absolute Gasteiger partial charge is 0.227 e. The maximum Gasteiger partial charge on any atom is 0.227 e. The first-order valence-electron chi connectivity index (χ1n) is 10.1. The van der Waals surface area contributed by atoms with Crippen molar-refractivity contribution in [2.75, 3.05) is 19.6 Å². The third kappa shape index (κ3) is 2.92. The zero-order chi connectivity index (χ0) is 18.1. The van der Waals surface area contributed by atoms with Gasteiger partial charge in [-0.2, -0.15) is 0 Å². The first kappa shape index (κ1) is 17.5. The van der Waals surface area contributed by atoms with Gasteiger partial charge in [-0.25, -0.2) is 4.98 Å². The normalized spacial score (nSPS) is 25.6. The highest BCUT2D eigenvalue weighted by atomic mass is 16.2. The van der Waals surface area contributed by atoms with Crippen LogP contribution in [0.4, 0.5) is 0 Å². The number of para-hydroxylation sites is 2. The fourth-order valence-electron chi connectivity index (χ4n) is 5.00. The Hall–Kier alpha value is -1.88. The molecule has 1 amide bonds. The molecule has 26 heavy (non-hydrogen) atoms. The molecule has 0 spiro atoms. The Labute approximate surface area is 155 Å². The van der Waals surface area contributed by atoms with Gasteiger partial charge >= 0.3 is 0 Å². The lowest BCUT2D eigenvalue weighted by molar-refractivity contribution is -0.133. The van der Waals surface area contributed by atoms with E-state index in [-0.39, 0.29) is 11.3 Å². The van der Waals surface area contributed by atoms with Crippen LogP contribution in [0.1, 0.15) is 51.4 Å². The van der Waals surface area contributed by atoms with Gasteiger partial charge in [-0.05, 0) is 51.3 Å². The van der Waals surface area contributed by atoms with Gasteiger partial charge in [-0.1, -0.05) is 25.0 Å². The Balaban J connectivity index is 1.46. The van der Waals surface area contributed by atoms with Gasteiger partial charge in [0.05, 0.1) is 16.4 Å². The van der Waals surface area contributed by atoms with Crippen LogP contribution in [0, 0.1) is 11.3 Å². The number of benzene rings is 1. The van der Waals surface area contributed by atoms with Crippen LogP contribution < -0.4 is 10.6 Å². The summed E-state index contributed by atoms with van der Waals surface area (Å²) in [5.74, 6) is 1.82. The molecule has 1 aromatic carbocycles. The Morgan fingerprint density at radius 2 is 2.23 bits per heavy atom. The Morgan fingerprint density at radius 1 is 1.38 bits per heavy atom. The molecule has 2 aromatic rings. The van der Waals surface area contributed by atoms with Crippen molar-refractivity contribution >= 4 is 16.9 Å². The van der Waals surface area contributed by atoms with Crippen molar-refractivity contribution in [2.45, 2.75) is 52.0 Å². The van der Waals surface area contributed by atoms with Gasteiger partial charge in [0.15, 0.2) is 0 Å². The molecule has 1 saturated carbocycles. The summed E-state index contributed by atoms with van der Waals surface area (Å²) in [6, 6.07) is 8.63. The molecule has 1 saturated heterocycles. The van der Waals surface area contributed by atoms with E-state index in [2.05, 4.69) is 47.2 Å². The average Bonchev–Trinajstić information content (AvgIpc) is 3.23. The zero-order valence-electron chi connectivity index (χ0n) is 15.9. The third-order valence-corrected chi connectivity index (χ3v) is 6.31. The van der Waals surface area contributed by atoms with Gasteiger partial charge in [-0.3, -0.25) is 4.79 Å². The monoisotopic (exact) mass is 354 g/mol. The van der Waals surface area contributed by atoms with E-state index in [1.807, 2.05) is 6.07 Å². The fraction of sp³-hybridized carbons (Fsp3) is 0.619. The average molecular weight is 354 g/mol. The van der Waals surface area contributed by atoms with Gasteiger partial charge < -0.3 is 15.2 Å². The van der Waals surface area contributed by atoms with Crippen LogP contribution in [0.5, 0.6) is 0 Å². The number of nitrogens with zero attached hydrogens (tertiary/aromatic N) is 2. The summed E-state index contributed by atoms with van der Waals surface area (Å²) in [4.78, 5) is 17.8. The van der Waals surface area contributed by atoms with E-state index in [1.54, 1.807) is 0 Å². The van der Waals surface area contributed by atoms with E-state index in [0.717, 1.165) is 37.3 Å². The van der Waals surface area contributed by atoms with Gasteiger partial charge in [0.2, 0.25) is 5.91 Å². The van der Waals surface area contributed by atoms with Crippen molar-refractivity contribution < 1.29 is 4.79 Å². The number of hydrogen-bond acceptors (Lipinski definition) is 3. The molecule has 1 aliphatic carbocycles. The molecule has 2 aliphatic rings. The quantitative estimate of drug-likeness (QED) is 0.868. The maximum atomic E-state index is 13.0. The van der Waals surface area contributed by atoms with E-state index in [9.17, 15) is 4.79 Å². The number of imidazole rings is 1. The number of rotatable bonds is 5. The van der Waals surface area contributed by atoms with E-state index >= 15 is 0 Å². The highest BCUT2D eigenvalue weighted by molar-refractivity contribution is 5.84. The molecule has 5 nitrogen and oxygen atoms in total. The standard InChI is InChI=1S/C21H30N4O/c1-15(2)25-18-9-4-3-8-17(18)24-19(25)10-12-23-20(26)21-11-6-5-7-16(21)13-22-14-21/h3-4,8-9,15-16,22H,5-7,10-14H2,1-2H3,(H,23,26)/t16-,21+/m0/s1. The van der Waals surface area contributed by atoms with Gasteiger partial charge in [-0.15, -0.1) is 0 Å². The van der Waals surface area contributed by atoms with E-state index in [1.165, 1.54) is 24.8 Å². The summed E-state index contributed by atoms with van der Waals surface area (Å²) in [5, 5.41) is 6.70. The number of amides is 1. The molecule has 0 unspecified atom stereocenters. The van der Waals surface area contributed by atoms with E-state index < -0.39 is 0 Å². The molecule has 1 aliphatic heterocycles.